The standard InChI is InChI=1S/C18H23N3/c1-4-19-18-12(2)17(20-13(3)21-18)16-10-6-9-15(11-16)14-7-5-8-14/h6,9-11,14H,4-5,7-8H2,1-3H3,(H,19,20,21). The van der Waals surface area contributed by atoms with Gasteiger partial charge >= 0.3 is 0 Å². The van der Waals surface area contributed by atoms with E-state index in [0.717, 1.165) is 35.4 Å². The first-order valence-electron chi connectivity index (χ1n) is 7.88. The number of hydrogen-bond donors (Lipinski definition) is 1. The fourth-order valence-corrected chi connectivity index (χ4v) is 2.93. The average molecular weight is 281 g/mol. The van der Waals surface area contributed by atoms with Crippen LogP contribution in [0.4, 0.5) is 5.82 Å². The van der Waals surface area contributed by atoms with Crippen molar-refractivity contribution in [2.45, 2.75) is 46.0 Å². The fourth-order valence-electron chi connectivity index (χ4n) is 2.93. The van der Waals surface area contributed by atoms with E-state index in [1.54, 1.807) is 0 Å². The van der Waals surface area contributed by atoms with Gasteiger partial charge in [0.25, 0.3) is 0 Å². The Morgan fingerprint density at radius 1 is 1.19 bits per heavy atom. The molecule has 0 saturated heterocycles. The van der Waals surface area contributed by atoms with E-state index in [4.69, 9.17) is 0 Å². The molecule has 0 aliphatic heterocycles. The van der Waals surface area contributed by atoms with Gasteiger partial charge in [-0.2, -0.15) is 0 Å². The van der Waals surface area contributed by atoms with Crippen LogP contribution >= 0.6 is 0 Å². The van der Waals surface area contributed by atoms with Crippen LogP contribution in [0.2, 0.25) is 0 Å². The molecule has 0 spiro atoms. The summed E-state index contributed by atoms with van der Waals surface area (Å²) in [6.45, 7) is 7.02. The molecule has 1 N–H and O–H groups in total. The lowest BCUT2D eigenvalue weighted by Crippen LogP contribution is -2.09. The SMILES string of the molecule is CCNc1nc(C)nc(-c2cccc(C3CCC3)c2)c1C. The molecule has 3 nitrogen and oxygen atoms in total. The van der Waals surface area contributed by atoms with E-state index < -0.39 is 0 Å². The van der Waals surface area contributed by atoms with Crippen molar-refractivity contribution in [1.82, 2.24) is 9.97 Å². The molecule has 110 valence electrons. The van der Waals surface area contributed by atoms with Gasteiger partial charge in [-0.15, -0.1) is 0 Å². The summed E-state index contributed by atoms with van der Waals surface area (Å²) in [6.07, 6.45) is 4.02. The Kier molecular flexibility index (Phi) is 3.91. The lowest BCUT2D eigenvalue weighted by Gasteiger charge is -2.26. The van der Waals surface area contributed by atoms with Gasteiger partial charge in [-0.1, -0.05) is 24.6 Å². The van der Waals surface area contributed by atoms with Gasteiger partial charge < -0.3 is 5.32 Å². The third-order valence-corrected chi connectivity index (χ3v) is 4.34. The summed E-state index contributed by atoms with van der Waals surface area (Å²) in [7, 11) is 0. The molecule has 1 aromatic heterocycles. The highest BCUT2D eigenvalue weighted by molar-refractivity contribution is 5.68. The summed E-state index contributed by atoms with van der Waals surface area (Å²) in [5, 5.41) is 3.34. The molecule has 0 amide bonds. The molecular formula is C18H23N3. The number of aryl methyl sites for hydroxylation is 1. The Balaban J connectivity index is 2.03. The zero-order valence-corrected chi connectivity index (χ0v) is 13.1. The highest BCUT2D eigenvalue weighted by Gasteiger charge is 2.20. The lowest BCUT2D eigenvalue weighted by atomic mass is 9.79. The Morgan fingerprint density at radius 2 is 2.00 bits per heavy atom. The van der Waals surface area contributed by atoms with Crippen molar-refractivity contribution in [2.24, 2.45) is 0 Å². The van der Waals surface area contributed by atoms with Crippen molar-refractivity contribution >= 4 is 5.82 Å². The van der Waals surface area contributed by atoms with Crippen LogP contribution in [-0.2, 0) is 0 Å². The van der Waals surface area contributed by atoms with E-state index in [1.807, 2.05) is 6.92 Å². The van der Waals surface area contributed by atoms with Crippen molar-refractivity contribution in [1.29, 1.82) is 0 Å². The van der Waals surface area contributed by atoms with Gasteiger partial charge in [0.15, 0.2) is 0 Å². The van der Waals surface area contributed by atoms with Gasteiger partial charge in [-0.25, -0.2) is 9.97 Å². The first-order valence-corrected chi connectivity index (χ1v) is 7.88. The number of nitrogens with one attached hydrogen (secondary N) is 1. The van der Waals surface area contributed by atoms with E-state index in [-0.39, 0.29) is 0 Å². The molecule has 1 aliphatic rings. The first-order chi connectivity index (χ1) is 10.2. The molecular weight excluding hydrogens is 258 g/mol. The van der Waals surface area contributed by atoms with E-state index in [1.165, 1.54) is 30.4 Å². The minimum atomic E-state index is 0.751. The van der Waals surface area contributed by atoms with Gasteiger partial charge in [0, 0.05) is 17.7 Å². The van der Waals surface area contributed by atoms with E-state index in [9.17, 15) is 0 Å². The number of anilines is 1. The third kappa shape index (κ3) is 2.78. The maximum atomic E-state index is 4.68. The minimum absolute atomic E-state index is 0.751. The highest BCUT2D eigenvalue weighted by Crippen LogP contribution is 2.38. The van der Waals surface area contributed by atoms with Crippen LogP contribution in [0.25, 0.3) is 11.3 Å². The Labute approximate surface area is 126 Å². The van der Waals surface area contributed by atoms with Gasteiger partial charge in [-0.05, 0) is 51.2 Å². The predicted molar refractivity (Wildman–Crippen MR) is 87.7 cm³/mol. The molecule has 0 bridgehead atoms. The summed E-state index contributed by atoms with van der Waals surface area (Å²) in [6, 6.07) is 8.88. The summed E-state index contributed by atoms with van der Waals surface area (Å²) < 4.78 is 0. The monoisotopic (exact) mass is 281 g/mol. The van der Waals surface area contributed by atoms with Crippen LogP contribution in [-0.4, -0.2) is 16.5 Å². The average Bonchev–Trinajstić information content (AvgIpc) is 2.41. The molecule has 1 saturated carbocycles. The largest absolute Gasteiger partial charge is 0.370 e. The van der Waals surface area contributed by atoms with Crippen LogP contribution in [0.1, 0.15) is 49.1 Å². The third-order valence-electron chi connectivity index (χ3n) is 4.34. The Bertz CT molecular complexity index is 645. The van der Waals surface area contributed by atoms with E-state index in [2.05, 4.69) is 53.4 Å². The molecule has 1 heterocycles. The van der Waals surface area contributed by atoms with Gasteiger partial charge in [-0.3, -0.25) is 0 Å². The Hall–Kier alpha value is -1.90. The molecule has 3 rings (SSSR count). The normalized spacial score (nSPS) is 14.8. The van der Waals surface area contributed by atoms with Crippen LogP contribution in [0.3, 0.4) is 0 Å². The highest BCUT2D eigenvalue weighted by atomic mass is 15.0. The van der Waals surface area contributed by atoms with E-state index >= 15 is 0 Å². The van der Waals surface area contributed by atoms with Gasteiger partial charge in [0.1, 0.15) is 11.6 Å². The van der Waals surface area contributed by atoms with E-state index in [0.29, 0.717) is 0 Å². The fraction of sp³-hybridized carbons (Fsp3) is 0.444. The van der Waals surface area contributed by atoms with Gasteiger partial charge in [0.2, 0.25) is 0 Å². The zero-order chi connectivity index (χ0) is 14.8. The summed E-state index contributed by atoms with van der Waals surface area (Å²) >= 11 is 0. The molecule has 3 heteroatoms. The number of rotatable bonds is 4. The lowest BCUT2D eigenvalue weighted by molar-refractivity contribution is 0.420. The Morgan fingerprint density at radius 3 is 2.67 bits per heavy atom. The molecule has 1 aliphatic carbocycles. The van der Waals surface area contributed by atoms with Gasteiger partial charge in [0.05, 0.1) is 5.69 Å². The molecule has 0 atom stereocenters. The van der Waals surface area contributed by atoms with Crippen molar-refractivity contribution in [3.63, 3.8) is 0 Å². The molecule has 1 aromatic carbocycles. The quantitative estimate of drug-likeness (QED) is 0.899. The van der Waals surface area contributed by atoms with Crippen LogP contribution < -0.4 is 5.32 Å². The second-order valence-electron chi connectivity index (χ2n) is 5.88. The number of aromatic nitrogens is 2. The number of hydrogen-bond acceptors (Lipinski definition) is 3. The predicted octanol–water partition coefficient (Wildman–Crippen LogP) is 4.46. The first kappa shape index (κ1) is 14.1. The molecule has 0 radical (unpaired) electrons. The zero-order valence-electron chi connectivity index (χ0n) is 13.1. The maximum absolute atomic E-state index is 4.68. The maximum Gasteiger partial charge on any atom is 0.133 e. The minimum Gasteiger partial charge on any atom is -0.370 e. The van der Waals surface area contributed by atoms with Crippen molar-refractivity contribution in [3.05, 3.63) is 41.2 Å². The summed E-state index contributed by atoms with van der Waals surface area (Å²) in [5.74, 6) is 2.52. The number of benzene rings is 1. The molecule has 0 unspecified atom stereocenters. The molecule has 21 heavy (non-hydrogen) atoms. The van der Waals surface area contributed by atoms with Crippen molar-refractivity contribution in [2.75, 3.05) is 11.9 Å². The summed E-state index contributed by atoms with van der Waals surface area (Å²) in [4.78, 5) is 9.19. The topological polar surface area (TPSA) is 37.8 Å². The summed E-state index contributed by atoms with van der Waals surface area (Å²) in [5.41, 5.74) is 4.86. The van der Waals surface area contributed by atoms with Crippen LogP contribution in [0, 0.1) is 13.8 Å². The molecule has 2 aromatic rings. The second-order valence-corrected chi connectivity index (χ2v) is 5.88. The van der Waals surface area contributed by atoms with Crippen molar-refractivity contribution < 1.29 is 0 Å². The smallest absolute Gasteiger partial charge is 0.133 e. The second kappa shape index (κ2) is 5.84. The van der Waals surface area contributed by atoms with Crippen LogP contribution in [0.15, 0.2) is 24.3 Å². The van der Waals surface area contributed by atoms with Crippen molar-refractivity contribution in [3.8, 4) is 11.3 Å². The number of nitrogens with zero attached hydrogens (tertiary/aromatic N) is 2. The molecule has 1 fully saturated rings. The van der Waals surface area contributed by atoms with Crippen LogP contribution in [0.5, 0.6) is 0 Å².